The van der Waals surface area contributed by atoms with Crippen molar-refractivity contribution >= 4 is 11.7 Å². The molecule has 1 amide bonds. The first-order valence-electron chi connectivity index (χ1n) is 7.77. The lowest BCUT2D eigenvalue weighted by Gasteiger charge is -2.24. The van der Waals surface area contributed by atoms with Crippen molar-refractivity contribution in [3.63, 3.8) is 0 Å². The minimum Gasteiger partial charge on any atom is -0.310 e. The highest BCUT2D eigenvalue weighted by Gasteiger charge is 2.30. The predicted octanol–water partition coefficient (Wildman–Crippen LogP) is 2.91. The minimum atomic E-state index is -0.281. The van der Waals surface area contributed by atoms with Crippen LogP contribution in [0.5, 0.6) is 0 Å². The van der Waals surface area contributed by atoms with E-state index in [1.165, 1.54) is 0 Å². The Bertz CT molecular complexity index is 949. The molecule has 2 heterocycles. The molecule has 0 radical (unpaired) electrons. The number of amides is 1. The smallest absolute Gasteiger partial charge is 0.257 e. The summed E-state index contributed by atoms with van der Waals surface area (Å²) in [5.41, 5.74) is 2.04. The summed E-state index contributed by atoms with van der Waals surface area (Å²) in [7, 11) is 0. The van der Waals surface area contributed by atoms with Gasteiger partial charge in [0.15, 0.2) is 0 Å². The fourth-order valence-corrected chi connectivity index (χ4v) is 3.07. The summed E-state index contributed by atoms with van der Waals surface area (Å²) in [5, 5.41) is 2.74. The van der Waals surface area contributed by atoms with Crippen LogP contribution >= 0.6 is 0 Å². The van der Waals surface area contributed by atoms with Crippen molar-refractivity contribution in [1.82, 2.24) is 9.97 Å². The maximum atomic E-state index is 12.7. The van der Waals surface area contributed by atoms with Gasteiger partial charge in [0.25, 0.3) is 5.56 Å². The fraction of sp³-hybridized carbons (Fsp3) is 0.105. The first-order chi connectivity index (χ1) is 11.7. The van der Waals surface area contributed by atoms with Crippen LogP contribution in [0.15, 0.2) is 65.5 Å². The van der Waals surface area contributed by atoms with Gasteiger partial charge in [0.05, 0.1) is 5.56 Å². The van der Waals surface area contributed by atoms with Crippen molar-refractivity contribution in [2.45, 2.75) is 12.3 Å². The standard InChI is InChI=1S/C19H15N3O2/c23-15-11-14(12-7-3-1-4-8-12)16-18(20-15)21-17(22-19(16)24)13-9-5-2-6-10-13/h1-10,14H,11H2,(H2,20,21,22,23,24)/t14-/m0/s1. The second-order valence-electron chi connectivity index (χ2n) is 5.76. The highest BCUT2D eigenvalue weighted by molar-refractivity contribution is 5.94. The van der Waals surface area contributed by atoms with Crippen LogP contribution in [0.3, 0.4) is 0 Å². The Hall–Kier alpha value is -3.21. The van der Waals surface area contributed by atoms with Crippen molar-refractivity contribution in [3.05, 3.63) is 82.1 Å². The van der Waals surface area contributed by atoms with Crippen LogP contribution in [0.1, 0.15) is 23.5 Å². The molecule has 0 unspecified atom stereocenters. The molecule has 0 saturated carbocycles. The molecule has 4 rings (SSSR count). The van der Waals surface area contributed by atoms with Crippen molar-refractivity contribution < 1.29 is 4.79 Å². The highest BCUT2D eigenvalue weighted by atomic mass is 16.2. The zero-order chi connectivity index (χ0) is 16.5. The number of hydrogen-bond acceptors (Lipinski definition) is 3. The first kappa shape index (κ1) is 14.4. The van der Waals surface area contributed by atoms with Gasteiger partial charge in [-0.05, 0) is 5.56 Å². The second-order valence-corrected chi connectivity index (χ2v) is 5.76. The van der Waals surface area contributed by atoms with E-state index in [0.717, 1.165) is 11.1 Å². The van der Waals surface area contributed by atoms with Crippen LogP contribution in [0.4, 0.5) is 5.82 Å². The first-order valence-corrected chi connectivity index (χ1v) is 7.77. The van der Waals surface area contributed by atoms with E-state index >= 15 is 0 Å². The van der Waals surface area contributed by atoms with E-state index in [1.54, 1.807) is 0 Å². The zero-order valence-corrected chi connectivity index (χ0v) is 12.8. The van der Waals surface area contributed by atoms with Gasteiger partial charge in [0.2, 0.25) is 5.91 Å². The molecule has 1 atom stereocenters. The quantitative estimate of drug-likeness (QED) is 0.763. The van der Waals surface area contributed by atoms with Crippen LogP contribution in [0, 0.1) is 0 Å². The monoisotopic (exact) mass is 317 g/mol. The Kier molecular flexibility index (Phi) is 3.46. The second kappa shape index (κ2) is 5.77. The van der Waals surface area contributed by atoms with Crippen LogP contribution in [0.2, 0.25) is 0 Å². The van der Waals surface area contributed by atoms with Crippen LogP contribution in [-0.2, 0) is 4.79 Å². The Balaban J connectivity index is 1.87. The fourth-order valence-electron chi connectivity index (χ4n) is 3.07. The van der Waals surface area contributed by atoms with Gasteiger partial charge in [0, 0.05) is 17.9 Å². The SMILES string of the molecule is O=C1C[C@@H](c2ccccc2)c2c(nc(-c3ccccc3)[nH]c2=O)N1. The molecule has 3 aromatic rings. The molecule has 0 fully saturated rings. The summed E-state index contributed by atoms with van der Waals surface area (Å²) in [6, 6.07) is 19.0. The molecule has 2 N–H and O–H groups in total. The number of aromatic amines is 1. The Labute approximate surface area is 138 Å². The predicted molar refractivity (Wildman–Crippen MR) is 91.8 cm³/mol. The summed E-state index contributed by atoms with van der Waals surface area (Å²) >= 11 is 0. The molecule has 0 saturated heterocycles. The number of carbonyl (C=O) groups excluding carboxylic acids is 1. The molecule has 0 aliphatic carbocycles. The number of rotatable bonds is 2. The average molecular weight is 317 g/mol. The highest BCUT2D eigenvalue weighted by Crippen LogP contribution is 2.34. The van der Waals surface area contributed by atoms with Gasteiger partial charge in [-0.1, -0.05) is 60.7 Å². The molecule has 1 aromatic heterocycles. The number of hydrogen-bond donors (Lipinski definition) is 2. The number of aromatic nitrogens is 2. The summed E-state index contributed by atoms with van der Waals surface area (Å²) in [4.78, 5) is 32.1. The number of benzene rings is 2. The molecule has 118 valence electrons. The summed E-state index contributed by atoms with van der Waals surface area (Å²) < 4.78 is 0. The summed E-state index contributed by atoms with van der Waals surface area (Å²) in [6.07, 6.45) is 0.243. The Morgan fingerprint density at radius 2 is 1.58 bits per heavy atom. The molecule has 5 nitrogen and oxygen atoms in total. The normalized spacial score (nSPS) is 16.3. The van der Waals surface area contributed by atoms with Crippen molar-refractivity contribution in [3.8, 4) is 11.4 Å². The van der Waals surface area contributed by atoms with E-state index in [2.05, 4.69) is 15.3 Å². The molecule has 1 aliphatic rings. The third-order valence-corrected chi connectivity index (χ3v) is 4.20. The van der Waals surface area contributed by atoms with Gasteiger partial charge in [-0.15, -0.1) is 0 Å². The van der Waals surface area contributed by atoms with Crippen molar-refractivity contribution in [1.29, 1.82) is 0 Å². The summed E-state index contributed by atoms with van der Waals surface area (Å²) in [6.45, 7) is 0. The lowest BCUT2D eigenvalue weighted by atomic mass is 9.87. The summed E-state index contributed by atoms with van der Waals surface area (Å²) in [5.74, 6) is 0.389. The molecular formula is C19H15N3O2. The van der Waals surface area contributed by atoms with Gasteiger partial charge in [0.1, 0.15) is 11.6 Å². The molecular weight excluding hydrogens is 302 g/mol. The maximum Gasteiger partial charge on any atom is 0.257 e. The van der Waals surface area contributed by atoms with Crippen LogP contribution in [0.25, 0.3) is 11.4 Å². The Morgan fingerprint density at radius 1 is 0.917 bits per heavy atom. The molecule has 1 aliphatic heterocycles. The van der Waals surface area contributed by atoms with E-state index in [1.807, 2.05) is 60.7 Å². The van der Waals surface area contributed by atoms with E-state index in [-0.39, 0.29) is 23.8 Å². The number of anilines is 1. The van der Waals surface area contributed by atoms with Crippen LogP contribution in [-0.4, -0.2) is 15.9 Å². The molecule has 5 heteroatoms. The lowest BCUT2D eigenvalue weighted by Crippen LogP contribution is -2.31. The lowest BCUT2D eigenvalue weighted by molar-refractivity contribution is -0.116. The van der Waals surface area contributed by atoms with Crippen molar-refractivity contribution in [2.75, 3.05) is 5.32 Å². The Morgan fingerprint density at radius 3 is 2.29 bits per heavy atom. The third kappa shape index (κ3) is 2.50. The van der Waals surface area contributed by atoms with Crippen molar-refractivity contribution in [2.24, 2.45) is 0 Å². The molecule has 24 heavy (non-hydrogen) atoms. The van der Waals surface area contributed by atoms with E-state index < -0.39 is 0 Å². The van der Waals surface area contributed by atoms with Gasteiger partial charge in [-0.3, -0.25) is 9.59 Å². The minimum absolute atomic E-state index is 0.131. The number of fused-ring (bicyclic) bond motifs is 1. The van der Waals surface area contributed by atoms with Gasteiger partial charge in [-0.25, -0.2) is 4.98 Å². The van der Waals surface area contributed by atoms with Gasteiger partial charge < -0.3 is 10.3 Å². The topological polar surface area (TPSA) is 74.8 Å². The van der Waals surface area contributed by atoms with E-state index in [9.17, 15) is 9.59 Å². The van der Waals surface area contributed by atoms with Crippen LogP contribution < -0.4 is 10.9 Å². The van der Waals surface area contributed by atoms with Gasteiger partial charge >= 0.3 is 0 Å². The van der Waals surface area contributed by atoms with Gasteiger partial charge in [-0.2, -0.15) is 0 Å². The number of H-pyrrole nitrogens is 1. The molecule has 0 spiro atoms. The number of nitrogens with zero attached hydrogens (tertiary/aromatic N) is 1. The van der Waals surface area contributed by atoms with E-state index in [0.29, 0.717) is 17.2 Å². The zero-order valence-electron chi connectivity index (χ0n) is 12.8. The largest absolute Gasteiger partial charge is 0.310 e. The molecule has 0 bridgehead atoms. The van der Waals surface area contributed by atoms with E-state index in [4.69, 9.17) is 0 Å². The molecule has 2 aromatic carbocycles. The maximum absolute atomic E-state index is 12.7. The third-order valence-electron chi connectivity index (χ3n) is 4.20. The number of carbonyl (C=O) groups is 1. The average Bonchev–Trinajstić information content (AvgIpc) is 2.62. The number of nitrogens with one attached hydrogen (secondary N) is 2.